The summed E-state index contributed by atoms with van der Waals surface area (Å²) in [5.74, 6) is 0.151. The van der Waals surface area contributed by atoms with Gasteiger partial charge in [-0.15, -0.1) is 0 Å². The van der Waals surface area contributed by atoms with Crippen LogP contribution in [0.2, 0.25) is 0 Å². The van der Waals surface area contributed by atoms with Gasteiger partial charge >= 0.3 is 5.97 Å². The van der Waals surface area contributed by atoms with Crippen LogP contribution in [0.25, 0.3) is 0 Å². The first kappa shape index (κ1) is 12.5. The summed E-state index contributed by atoms with van der Waals surface area (Å²) in [6.45, 7) is 3.02. The van der Waals surface area contributed by atoms with Crippen molar-refractivity contribution in [1.82, 2.24) is 0 Å². The van der Waals surface area contributed by atoms with Crippen LogP contribution in [0, 0.1) is 5.92 Å². The van der Waals surface area contributed by atoms with E-state index in [2.05, 4.69) is 6.92 Å². The molecule has 0 heterocycles. The van der Waals surface area contributed by atoms with E-state index in [4.69, 9.17) is 9.84 Å². The minimum Gasteiger partial charge on any atom is -0.481 e. The molecule has 1 rings (SSSR count). The molecule has 0 spiro atoms. The molecule has 0 atom stereocenters. The number of aliphatic carboxylic acids is 1. The second-order valence-electron chi connectivity index (χ2n) is 4.60. The van der Waals surface area contributed by atoms with Gasteiger partial charge in [0.25, 0.3) is 0 Å². The van der Waals surface area contributed by atoms with Crippen LogP contribution in [0.4, 0.5) is 0 Å². The van der Waals surface area contributed by atoms with Gasteiger partial charge < -0.3 is 9.84 Å². The zero-order valence-electron chi connectivity index (χ0n) is 9.58. The summed E-state index contributed by atoms with van der Waals surface area (Å²) >= 11 is 0. The minimum atomic E-state index is -0.707. The maximum atomic E-state index is 10.3. The summed E-state index contributed by atoms with van der Waals surface area (Å²) in [4.78, 5) is 10.3. The van der Waals surface area contributed by atoms with E-state index in [0.717, 1.165) is 25.4 Å². The molecule has 0 aliphatic heterocycles. The van der Waals surface area contributed by atoms with Crippen LogP contribution in [0.3, 0.4) is 0 Å². The van der Waals surface area contributed by atoms with Gasteiger partial charge in [-0.25, -0.2) is 0 Å². The SMILES string of the molecule is CC1CCC(OCCCCC(=O)O)CC1. The van der Waals surface area contributed by atoms with Gasteiger partial charge in [0, 0.05) is 13.0 Å². The highest BCUT2D eigenvalue weighted by Gasteiger charge is 2.18. The monoisotopic (exact) mass is 214 g/mol. The van der Waals surface area contributed by atoms with E-state index in [1.54, 1.807) is 0 Å². The molecule has 0 amide bonds. The van der Waals surface area contributed by atoms with E-state index < -0.39 is 5.97 Å². The van der Waals surface area contributed by atoms with E-state index in [1.165, 1.54) is 25.7 Å². The fourth-order valence-corrected chi connectivity index (χ4v) is 2.02. The fourth-order valence-electron chi connectivity index (χ4n) is 2.02. The molecule has 15 heavy (non-hydrogen) atoms. The van der Waals surface area contributed by atoms with Crippen molar-refractivity contribution in [3.05, 3.63) is 0 Å². The van der Waals surface area contributed by atoms with Crippen LogP contribution >= 0.6 is 0 Å². The first-order valence-electron chi connectivity index (χ1n) is 6.02. The highest BCUT2D eigenvalue weighted by atomic mass is 16.5. The van der Waals surface area contributed by atoms with Crippen molar-refractivity contribution in [3.63, 3.8) is 0 Å². The van der Waals surface area contributed by atoms with E-state index in [0.29, 0.717) is 6.10 Å². The predicted molar refractivity (Wildman–Crippen MR) is 58.9 cm³/mol. The Kier molecular flexibility index (Phi) is 5.69. The molecule has 1 fully saturated rings. The molecule has 0 aromatic carbocycles. The van der Waals surface area contributed by atoms with E-state index in [1.807, 2.05) is 0 Å². The number of ether oxygens (including phenoxy) is 1. The third kappa shape index (κ3) is 5.78. The Balaban J connectivity index is 1.94. The van der Waals surface area contributed by atoms with Gasteiger partial charge in [0.2, 0.25) is 0 Å². The Bertz CT molecular complexity index is 183. The Labute approximate surface area is 91.8 Å². The maximum absolute atomic E-state index is 10.3. The Morgan fingerprint density at radius 2 is 1.93 bits per heavy atom. The lowest BCUT2D eigenvalue weighted by atomic mass is 9.89. The van der Waals surface area contributed by atoms with Crippen molar-refractivity contribution in [2.75, 3.05) is 6.61 Å². The molecule has 1 aliphatic carbocycles. The Morgan fingerprint density at radius 3 is 2.53 bits per heavy atom. The number of hydrogen-bond donors (Lipinski definition) is 1. The van der Waals surface area contributed by atoms with Gasteiger partial charge in [-0.1, -0.05) is 6.92 Å². The number of hydrogen-bond acceptors (Lipinski definition) is 2. The molecule has 3 heteroatoms. The summed E-state index contributed by atoms with van der Waals surface area (Å²) in [7, 11) is 0. The second-order valence-corrected chi connectivity index (χ2v) is 4.60. The number of carboxylic acid groups (broad SMARTS) is 1. The molecule has 3 nitrogen and oxygen atoms in total. The van der Waals surface area contributed by atoms with Gasteiger partial charge in [0.15, 0.2) is 0 Å². The summed E-state index contributed by atoms with van der Waals surface area (Å²) in [5, 5.41) is 8.45. The lowest BCUT2D eigenvalue weighted by molar-refractivity contribution is -0.137. The lowest BCUT2D eigenvalue weighted by Gasteiger charge is -2.26. The molecular weight excluding hydrogens is 192 g/mol. The molecule has 1 aliphatic rings. The lowest BCUT2D eigenvalue weighted by Crippen LogP contribution is -2.20. The van der Waals surface area contributed by atoms with E-state index in [9.17, 15) is 4.79 Å². The van der Waals surface area contributed by atoms with Crippen LogP contribution in [0.5, 0.6) is 0 Å². The van der Waals surface area contributed by atoms with Crippen LogP contribution < -0.4 is 0 Å². The molecule has 0 aromatic rings. The zero-order chi connectivity index (χ0) is 11.1. The van der Waals surface area contributed by atoms with Gasteiger partial charge in [-0.3, -0.25) is 4.79 Å². The summed E-state index contributed by atoms with van der Waals surface area (Å²) < 4.78 is 5.72. The topological polar surface area (TPSA) is 46.5 Å². The van der Waals surface area contributed by atoms with Gasteiger partial charge in [0.05, 0.1) is 6.10 Å². The summed E-state index contributed by atoms with van der Waals surface area (Å²) in [5.41, 5.74) is 0. The average Bonchev–Trinajstić information content (AvgIpc) is 2.20. The number of carbonyl (C=O) groups is 1. The van der Waals surface area contributed by atoms with Crippen LogP contribution in [-0.2, 0) is 9.53 Å². The summed E-state index contributed by atoms with van der Waals surface area (Å²) in [6.07, 6.45) is 7.23. The van der Waals surface area contributed by atoms with Crippen LogP contribution in [-0.4, -0.2) is 23.8 Å². The average molecular weight is 214 g/mol. The Hall–Kier alpha value is -0.570. The smallest absolute Gasteiger partial charge is 0.303 e. The maximum Gasteiger partial charge on any atom is 0.303 e. The van der Waals surface area contributed by atoms with Gasteiger partial charge in [-0.2, -0.15) is 0 Å². The van der Waals surface area contributed by atoms with E-state index in [-0.39, 0.29) is 6.42 Å². The third-order valence-corrected chi connectivity index (χ3v) is 3.10. The van der Waals surface area contributed by atoms with Crippen LogP contribution in [0.1, 0.15) is 51.9 Å². The van der Waals surface area contributed by atoms with Crippen LogP contribution in [0.15, 0.2) is 0 Å². The molecule has 1 N–H and O–H groups in total. The number of unbranched alkanes of at least 4 members (excludes halogenated alkanes) is 1. The molecule has 0 radical (unpaired) electrons. The molecule has 0 bridgehead atoms. The van der Waals surface area contributed by atoms with E-state index >= 15 is 0 Å². The van der Waals surface area contributed by atoms with Crippen molar-refractivity contribution in [1.29, 1.82) is 0 Å². The van der Waals surface area contributed by atoms with Gasteiger partial charge in [-0.05, 0) is 44.4 Å². The largest absolute Gasteiger partial charge is 0.481 e. The standard InChI is InChI=1S/C12H22O3/c1-10-5-7-11(8-6-10)15-9-3-2-4-12(13)14/h10-11H,2-9H2,1H3,(H,13,14). The van der Waals surface area contributed by atoms with Crippen molar-refractivity contribution in [2.24, 2.45) is 5.92 Å². The third-order valence-electron chi connectivity index (χ3n) is 3.10. The molecule has 0 aromatic heterocycles. The molecule has 0 saturated heterocycles. The number of carboxylic acids is 1. The fraction of sp³-hybridized carbons (Fsp3) is 0.917. The quantitative estimate of drug-likeness (QED) is 0.691. The molecule has 0 unspecified atom stereocenters. The first-order chi connectivity index (χ1) is 7.18. The van der Waals surface area contributed by atoms with Crippen molar-refractivity contribution in [2.45, 2.75) is 58.0 Å². The van der Waals surface area contributed by atoms with Crippen molar-refractivity contribution >= 4 is 5.97 Å². The molecule has 1 saturated carbocycles. The second kappa shape index (κ2) is 6.83. The highest BCUT2D eigenvalue weighted by molar-refractivity contribution is 5.66. The molecule has 88 valence electrons. The predicted octanol–water partition coefficient (Wildman–Crippen LogP) is 2.84. The summed E-state index contributed by atoms with van der Waals surface area (Å²) in [6, 6.07) is 0. The van der Waals surface area contributed by atoms with Crippen molar-refractivity contribution in [3.8, 4) is 0 Å². The highest BCUT2D eigenvalue weighted by Crippen LogP contribution is 2.25. The van der Waals surface area contributed by atoms with Crippen molar-refractivity contribution < 1.29 is 14.6 Å². The first-order valence-corrected chi connectivity index (χ1v) is 6.02. The number of rotatable bonds is 6. The Morgan fingerprint density at radius 1 is 1.27 bits per heavy atom. The van der Waals surface area contributed by atoms with Gasteiger partial charge in [0.1, 0.15) is 0 Å². The molecular formula is C12H22O3. The normalized spacial score (nSPS) is 26.5. The minimum absolute atomic E-state index is 0.269. The zero-order valence-corrected chi connectivity index (χ0v) is 9.58.